The summed E-state index contributed by atoms with van der Waals surface area (Å²) >= 11 is 1.38. The summed E-state index contributed by atoms with van der Waals surface area (Å²) in [7, 11) is 0. The van der Waals surface area contributed by atoms with Gasteiger partial charge < -0.3 is 10.2 Å². The summed E-state index contributed by atoms with van der Waals surface area (Å²) in [4.78, 5) is 24.5. The molecule has 1 aromatic carbocycles. The molecular formula is C24H24F4N4OS. The molecule has 2 atom stereocenters. The second-order valence-electron chi connectivity index (χ2n) is 8.41. The highest BCUT2D eigenvalue weighted by Crippen LogP contribution is 2.34. The van der Waals surface area contributed by atoms with Gasteiger partial charge in [-0.25, -0.2) is 14.4 Å². The van der Waals surface area contributed by atoms with E-state index in [9.17, 15) is 22.4 Å². The van der Waals surface area contributed by atoms with Crippen molar-refractivity contribution in [3.63, 3.8) is 0 Å². The van der Waals surface area contributed by atoms with Crippen LogP contribution in [0, 0.1) is 18.7 Å². The number of hydrogen-bond donors (Lipinski definition) is 1. The average Bonchev–Trinajstić information content (AvgIpc) is 3.19. The number of rotatable bonds is 5. The number of anilines is 1. The standard InChI is InChI=1S/C24H24F4N4OS/c1-14-4-3-11-32(19(14)13-30-20-10-7-17(12-29-20)24(26,27)28)23(33)21-22(34-15(2)31-21)16-5-8-18(25)9-6-16/h5-10,12,14,19H,3-4,11,13H2,1-2H3,(H,29,30)/t14-,19?/m1/s1. The van der Waals surface area contributed by atoms with Crippen molar-refractivity contribution >= 4 is 23.1 Å². The highest BCUT2D eigenvalue weighted by molar-refractivity contribution is 7.15. The third-order valence-electron chi connectivity index (χ3n) is 6.00. The molecule has 2 aromatic heterocycles. The summed E-state index contributed by atoms with van der Waals surface area (Å²) in [5.74, 6) is -0.0727. The first-order valence-corrected chi connectivity index (χ1v) is 11.8. The lowest BCUT2D eigenvalue weighted by Gasteiger charge is -2.40. The quantitative estimate of drug-likeness (QED) is 0.442. The Labute approximate surface area is 198 Å². The average molecular weight is 493 g/mol. The molecule has 34 heavy (non-hydrogen) atoms. The number of halogens is 4. The smallest absolute Gasteiger partial charge is 0.368 e. The van der Waals surface area contributed by atoms with E-state index in [4.69, 9.17) is 0 Å². The van der Waals surface area contributed by atoms with E-state index in [0.29, 0.717) is 29.5 Å². The molecule has 0 aliphatic carbocycles. The fourth-order valence-corrected chi connectivity index (χ4v) is 5.11. The Morgan fingerprint density at radius 3 is 2.59 bits per heavy atom. The van der Waals surface area contributed by atoms with Gasteiger partial charge in [0.1, 0.15) is 17.3 Å². The second kappa shape index (κ2) is 9.69. The van der Waals surface area contributed by atoms with Crippen LogP contribution < -0.4 is 5.32 Å². The summed E-state index contributed by atoms with van der Waals surface area (Å²) in [6.07, 6.45) is -1.88. The van der Waals surface area contributed by atoms with Gasteiger partial charge in [-0.15, -0.1) is 11.3 Å². The first-order valence-electron chi connectivity index (χ1n) is 10.9. The third kappa shape index (κ3) is 5.22. The van der Waals surface area contributed by atoms with Crippen molar-refractivity contribution in [2.24, 2.45) is 5.92 Å². The normalized spacial score (nSPS) is 18.7. The Bertz CT molecular complexity index is 1150. The largest absolute Gasteiger partial charge is 0.417 e. The van der Waals surface area contributed by atoms with Gasteiger partial charge in [0.25, 0.3) is 5.91 Å². The molecule has 3 heterocycles. The number of carbonyl (C=O) groups is 1. The summed E-state index contributed by atoms with van der Waals surface area (Å²) in [6.45, 7) is 4.78. The molecule has 1 aliphatic heterocycles. The van der Waals surface area contributed by atoms with Crippen LogP contribution in [0.5, 0.6) is 0 Å². The van der Waals surface area contributed by atoms with Gasteiger partial charge in [-0.3, -0.25) is 4.79 Å². The van der Waals surface area contributed by atoms with Crippen molar-refractivity contribution in [3.05, 3.63) is 64.7 Å². The molecule has 1 unspecified atom stereocenters. The molecule has 3 aromatic rings. The molecule has 5 nitrogen and oxygen atoms in total. The van der Waals surface area contributed by atoms with Crippen LogP contribution >= 0.6 is 11.3 Å². The van der Waals surface area contributed by atoms with Crippen molar-refractivity contribution in [1.82, 2.24) is 14.9 Å². The van der Waals surface area contributed by atoms with Gasteiger partial charge in [-0.1, -0.05) is 19.1 Å². The van der Waals surface area contributed by atoms with E-state index in [-0.39, 0.29) is 23.7 Å². The summed E-state index contributed by atoms with van der Waals surface area (Å²) < 4.78 is 51.8. The maximum absolute atomic E-state index is 13.6. The first kappa shape index (κ1) is 24.1. The number of nitrogens with one attached hydrogen (secondary N) is 1. The highest BCUT2D eigenvalue weighted by Gasteiger charge is 2.35. The Hall–Kier alpha value is -3.01. The Balaban J connectivity index is 1.54. The summed E-state index contributed by atoms with van der Waals surface area (Å²) in [6, 6.07) is 8.06. The monoisotopic (exact) mass is 492 g/mol. The van der Waals surface area contributed by atoms with Gasteiger partial charge in [0.2, 0.25) is 0 Å². The number of likely N-dealkylation sites (tertiary alicyclic amines) is 1. The molecule has 1 fully saturated rings. The van der Waals surface area contributed by atoms with Crippen molar-refractivity contribution in [1.29, 1.82) is 0 Å². The minimum atomic E-state index is -4.44. The number of nitrogens with zero attached hydrogens (tertiary/aromatic N) is 3. The molecule has 1 saturated heterocycles. The molecule has 180 valence electrons. The lowest BCUT2D eigenvalue weighted by atomic mass is 9.90. The Kier molecular flexibility index (Phi) is 6.88. The van der Waals surface area contributed by atoms with Gasteiger partial charge in [-0.05, 0) is 55.5 Å². The number of pyridine rings is 1. The number of hydrogen-bond acceptors (Lipinski definition) is 5. The van der Waals surface area contributed by atoms with E-state index < -0.39 is 11.7 Å². The van der Waals surface area contributed by atoms with Crippen LogP contribution in [0.4, 0.5) is 23.4 Å². The molecule has 0 bridgehead atoms. The van der Waals surface area contributed by atoms with E-state index in [2.05, 4.69) is 22.2 Å². The predicted octanol–water partition coefficient (Wildman–Crippen LogP) is 6.02. The van der Waals surface area contributed by atoms with Crippen molar-refractivity contribution in [2.75, 3.05) is 18.4 Å². The number of aromatic nitrogens is 2. The van der Waals surface area contributed by atoms with Crippen LogP contribution in [0.2, 0.25) is 0 Å². The van der Waals surface area contributed by atoms with Crippen LogP contribution in [0.25, 0.3) is 10.4 Å². The molecule has 10 heteroatoms. The van der Waals surface area contributed by atoms with E-state index in [1.165, 1.54) is 29.5 Å². The minimum absolute atomic E-state index is 0.175. The number of piperidine rings is 1. The lowest BCUT2D eigenvalue weighted by Crippen LogP contribution is -2.51. The molecule has 4 rings (SSSR count). The van der Waals surface area contributed by atoms with Gasteiger partial charge in [0.15, 0.2) is 0 Å². The number of thiazole rings is 1. The number of alkyl halides is 3. The fraction of sp³-hybridized carbons (Fsp3) is 0.375. The summed E-state index contributed by atoms with van der Waals surface area (Å²) in [5.41, 5.74) is 0.248. The van der Waals surface area contributed by atoms with Crippen LogP contribution in [-0.2, 0) is 6.18 Å². The molecular weight excluding hydrogens is 468 g/mol. The van der Waals surface area contributed by atoms with Crippen LogP contribution in [0.1, 0.15) is 40.8 Å². The Morgan fingerprint density at radius 2 is 1.94 bits per heavy atom. The number of aryl methyl sites for hydroxylation is 1. The van der Waals surface area contributed by atoms with Crippen molar-refractivity contribution < 1.29 is 22.4 Å². The van der Waals surface area contributed by atoms with Crippen molar-refractivity contribution in [3.8, 4) is 10.4 Å². The highest BCUT2D eigenvalue weighted by atomic mass is 32.1. The molecule has 0 saturated carbocycles. The van der Waals surface area contributed by atoms with Crippen LogP contribution in [0.15, 0.2) is 42.6 Å². The molecule has 1 aliphatic rings. The molecule has 1 amide bonds. The molecule has 0 spiro atoms. The van der Waals surface area contributed by atoms with E-state index >= 15 is 0 Å². The lowest BCUT2D eigenvalue weighted by molar-refractivity contribution is -0.137. The van der Waals surface area contributed by atoms with Crippen molar-refractivity contribution in [2.45, 2.75) is 38.9 Å². The van der Waals surface area contributed by atoms with E-state index in [0.717, 1.165) is 35.7 Å². The van der Waals surface area contributed by atoms with E-state index in [1.807, 2.05) is 6.92 Å². The van der Waals surface area contributed by atoms with E-state index in [1.54, 1.807) is 17.0 Å². The van der Waals surface area contributed by atoms with Gasteiger partial charge >= 0.3 is 6.18 Å². The zero-order chi connectivity index (χ0) is 24.5. The number of amides is 1. The second-order valence-corrected chi connectivity index (χ2v) is 9.62. The third-order valence-corrected chi connectivity index (χ3v) is 7.02. The van der Waals surface area contributed by atoms with Crippen LogP contribution in [-0.4, -0.2) is 39.9 Å². The number of carbonyl (C=O) groups excluding carboxylic acids is 1. The molecule has 0 radical (unpaired) electrons. The maximum Gasteiger partial charge on any atom is 0.417 e. The maximum atomic E-state index is 13.6. The summed E-state index contributed by atoms with van der Waals surface area (Å²) in [5, 5.41) is 3.82. The van der Waals surface area contributed by atoms with Gasteiger partial charge in [0.05, 0.1) is 21.5 Å². The zero-order valence-corrected chi connectivity index (χ0v) is 19.5. The topological polar surface area (TPSA) is 58.1 Å². The number of benzene rings is 1. The van der Waals surface area contributed by atoms with Gasteiger partial charge in [0, 0.05) is 19.3 Å². The Morgan fingerprint density at radius 1 is 1.21 bits per heavy atom. The van der Waals surface area contributed by atoms with Gasteiger partial charge in [-0.2, -0.15) is 13.2 Å². The SMILES string of the molecule is Cc1nc(C(=O)N2CCC[C@@H](C)C2CNc2ccc(C(F)(F)F)cn2)c(-c2ccc(F)cc2)s1. The fourth-order valence-electron chi connectivity index (χ4n) is 4.19. The minimum Gasteiger partial charge on any atom is -0.368 e. The van der Waals surface area contributed by atoms with Crippen LogP contribution in [0.3, 0.4) is 0 Å². The predicted molar refractivity (Wildman–Crippen MR) is 123 cm³/mol. The zero-order valence-electron chi connectivity index (χ0n) is 18.7. The molecule has 1 N–H and O–H groups in total. The first-order chi connectivity index (χ1) is 16.1.